The highest BCUT2D eigenvalue weighted by atomic mass is 16.5. The van der Waals surface area contributed by atoms with Gasteiger partial charge in [0.1, 0.15) is 5.75 Å². The number of carbonyl (C=O) groups is 1. The van der Waals surface area contributed by atoms with Gasteiger partial charge in [-0.2, -0.15) is 0 Å². The first-order chi connectivity index (χ1) is 15.0. The van der Waals surface area contributed by atoms with E-state index in [1.807, 2.05) is 25.3 Å². The summed E-state index contributed by atoms with van der Waals surface area (Å²) < 4.78 is 11.7. The molecule has 6 nitrogen and oxygen atoms in total. The maximum Gasteiger partial charge on any atom is 0.335 e. The van der Waals surface area contributed by atoms with E-state index in [1.165, 1.54) is 16.5 Å². The van der Waals surface area contributed by atoms with E-state index in [1.54, 1.807) is 19.2 Å². The van der Waals surface area contributed by atoms with E-state index >= 15 is 0 Å². The van der Waals surface area contributed by atoms with Gasteiger partial charge in [0, 0.05) is 47.5 Å². The van der Waals surface area contributed by atoms with Gasteiger partial charge in [-0.05, 0) is 75.1 Å². The minimum absolute atomic E-state index is 0.174. The molecular formula is C25H30N2O4. The molecule has 0 unspecified atom stereocenters. The average molecular weight is 423 g/mol. The predicted molar refractivity (Wildman–Crippen MR) is 122 cm³/mol. The topological polar surface area (TPSA) is 74.8 Å². The van der Waals surface area contributed by atoms with Crippen LogP contribution in [0.25, 0.3) is 10.9 Å². The highest BCUT2D eigenvalue weighted by Crippen LogP contribution is 2.35. The van der Waals surface area contributed by atoms with Gasteiger partial charge in [-0.25, -0.2) is 4.79 Å². The zero-order valence-electron chi connectivity index (χ0n) is 18.4. The van der Waals surface area contributed by atoms with Crippen LogP contribution in [0, 0.1) is 6.92 Å². The van der Waals surface area contributed by atoms with Crippen molar-refractivity contribution in [3.63, 3.8) is 0 Å². The van der Waals surface area contributed by atoms with Crippen molar-refractivity contribution in [2.75, 3.05) is 25.2 Å². The molecule has 4 rings (SSSR count). The number of rotatable bonds is 7. The van der Waals surface area contributed by atoms with Crippen LogP contribution in [0.4, 0.5) is 5.69 Å². The molecular weight excluding hydrogens is 392 g/mol. The summed E-state index contributed by atoms with van der Waals surface area (Å²) in [6, 6.07) is 11.7. The number of ether oxygens (including phenoxy) is 2. The summed E-state index contributed by atoms with van der Waals surface area (Å²) in [5, 5.41) is 10.5. The van der Waals surface area contributed by atoms with Crippen molar-refractivity contribution in [2.45, 2.75) is 45.3 Å². The van der Waals surface area contributed by atoms with E-state index in [2.05, 4.69) is 28.9 Å². The first-order valence-corrected chi connectivity index (χ1v) is 10.9. The molecule has 6 heteroatoms. The highest BCUT2D eigenvalue weighted by molar-refractivity contribution is 5.89. The summed E-state index contributed by atoms with van der Waals surface area (Å²) in [5.41, 5.74) is 4.85. The van der Waals surface area contributed by atoms with Crippen LogP contribution in [0.1, 0.15) is 41.3 Å². The molecule has 2 aromatic carbocycles. The van der Waals surface area contributed by atoms with Crippen LogP contribution in [-0.4, -0.2) is 48.5 Å². The van der Waals surface area contributed by atoms with E-state index in [-0.39, 0.29) is 12.1 Å². The first-order valence-electron chi connectivity index (χ1n) is 10.9. The van der Waals surface area contributed by atoms with Gasteiger partial charge in [0.05, 0.1) is 18.8 Å². The molecule has 164 valence electrons. The van der Waals surface area contributed by atoms with Gasteiger partial charge < -0.3 is 24.5 Å². The standard InChI is InChI=1S/C25H30N2O4/c1-4-31-20-10-9-19(27(15-20)18-7-5-17(6-8-18)25(28)29)14-22-21-11-12-26-24(21)16(2)13-23(22)30-3/h5-8,11-13,19-20,26H,4,9-10,14-15H2,1-3H3,(H,28,29)/t19-,20-/m1/s1. The number of aromatic carboxylic acids is 1. The van der Waals surface area contributed by atoms with Gasteiger partial charge >= 0.3 is 5.97 Å². The lowest BCUT2D eigenvalue weighted by Crippen LogP contribution is -2.47. The summed E-state index contributed by atoms with van der Waals surface area (Å²) in [6.07, 6.45) is 5.00. The molecule has 0 amide bonds. The smallest absolute Gasteiger partial charge is 0.335 e. The number of aromatic nitrogens is 1. The number of aromatic amines is 1. The lowest BCUT2D eigenvalue weighted by atomic mass is 9.91. The fraction of sp³-hybridized carbons (Fsp3) is 0.400. The fourth-order valence-electron chi connectivity index (χ4n) is 4.75. The fourth-order valence-corrected chi connectivity index (χ4v) is 4.75. The van der Waals surface area contributed by atoms with E-state index in [0.717, 1.165) is 42.8 Å². The Hall–Kier alpha value is -2.99. The first kappa shape index (κ1) is 21.2. The number of carboxylic acids is 1. The molecule has 0 radical (unpaired) electrons. The van der Waals surface area contributed by atoms with Crippen LogP contribution < -0.4 is 9.64 Å². The summed E-state index contributed by atoms with van der Waals surface area (Å²) in [7, 11) is 1.73. The predicted octanol–water partition coefficient (Wildman–Crippen LogP) is 4.80. The molecule has 2 atom stereocenters. The Kier molecular flexibility index (Phi) is 6.18. The monoisotopic (exact) mass is 422 g/mol. The number of methoxy groups -OCH3 is 1. The molecule has 0 bridgehead atoms. The van der Waals surface area contributed by atoms with Crippen LogP contribution in [0.15, 0.2) is 42.6 Å². The number of anilines is 1. The number of nitrogens with one attached hydrogen (secondary N) is 1. The third kappa shape index (κ3) is 4.26. The van der Waals surface area contributed by atoms with E-state index < -0.39 is 5.97 Å². The normalized spacial score (nSPS) is 19.0. The van der Waals surface area contributed by atoms with E-state index in [4.69, 9.17) is 9.47 Å². The number of nitrogens with zero attached hydrogens (tertiary/aromatic N) is 1. The summed E-state index contributed by atoms with van der Waals surface area (Å²) in [5.74, 6) is 0.00545. The molecule has 31 heavy (non-hydrogen) atoms. The second kappa shape index (κ2) is 9.02. The van der Waals surface area contributed by atoms with Gasteiger partial charge in [-0.3, -0.25) is 0 Å². The molecule has 1 fully saturated rings. The minimum atomic E-state index is -0.909. The lowest BCUT2D eigenvalue weighted by Gasteiger charge is -2.41. The number of benzene rings is 2. The Balaban J connectivity index is 1.69. The Morgan fingerprint density at radius 3 is 2.68 bits per heavy atom. The van der Waals surface area contributed by atoms with Gasteiger partial charge in [0.2, 0.25) is 0 Å². The summed E-state index contributed by atoms with van der Waals surface area (Å²) in [6.45, 7) is 5.60. The molecule has 2 heterocycles. The molecule has 2 N–H and O–H groups in total. The van der Waals surface area contributed by atoms with Crippen molar-refractivity contribution in [3.05, 3.63) is 59.3 Å². The van der Waals surface area contributed by atoms with Crippen LogP contribution in [-0.2, 0) is 11.2 Å². The minimum Gasteiger partial charge on any atom is -0.496 e. The number of carboxylic acid groups (broad SMARTS) is 1. The van der Waals surface area contributed by atoms with Crippen LogP contribution in [0.5, 0.6) is 5.75 Å². The van der Waals surface area contributed by atoms with Crippen molar-refractivity contribution >= 4 is 22.6 Å². The maximum atomic E-state index is 11.3. The lowest BCUT2D eigenvalue weighted by molar-refractivity contribution is 0.0465. The maximum absolute atomic E-state index is 11.3. The Labute approximate surface area is 182 Å². The highest BCUT2D eigenvalue weighted by Gasteiger charge is 2.30. The SMILES string of the molecule is CCO[C@@H]1CC[C@H](Cc2c(OC)cc(C)c3[nH]ccc23)N(c2ccc(C(=O)O)cc2)C1. The van der Waals surface area contributed by atoms with Gasteiger partial charge in [0.25, 0.3) is 0 Å². The van der Waals surface area contributed by atoms with Crippen molar-refractivity contribution in [2.24, 2.45) is 0 Å². The molecule has 1 saturated heterocycles. The van der Waals surface area contributed by atoms with Crippen molar-refractivity contribution < 1.29 is 19.4 Å². The third-order valence-electron chi connectivity index (χ3n) is 6.28. The third-order valence-corrected chi connectivity index (χ3v) is 6.28. The van der Waals surface area contributed by atoms with Gasteiger partial charge in [-0.15, -0.1) is 0 Å². The molecule has 3 aromatic rings. The molecule has 1 aliphatic heterocycles. The van der Waals surface area contributed by atoms with Crippen LogP contribution >= 0.6 is 0 Å². The van der Waals surface area contributed by atoms with Gasteiger partial charge in [-0.1, -0.05) is 0 Å². The number of hydrogen-bond donors (Lipinski definition) is 2. The molecule has 1 aromatic heterocycles. The molecule has 0 aliphatic carbocycles. The zero-order valence-corrected chi connectivity index (χ0v) is 18.4. The Bertz CT molecular complexity index is 1060. The summed E-state index contributed by atoms with van der Waals surface area (Å²) >= 11 is 0. The number of hydrogen-bond acceptors (Lipinski definition) is 4. The average Bonchev–Trinajstić information content (AvgIpc) is 3.27. The Morgan fingerprint density at radius 1 is 1.23 bits per heavy atom. The van der Waals surface area contributed by atoms with Gasteiger partial charge in [0.15, 0.2) is 0 Å². The number of aryl methyl sites for hydroxylation is 1. The van der Waals surface area contributed by atoms with Crippen molar-refractivity contribution in [3.8, 4) is 5.75 Å². The molecule has 1 aliphatic rings. The number of piperidine rings is 1. The second-order valence-corrected chi connectivity index (χ2v) is 8.16. The number of H-pyrrole nitrogens is 1. The van der Waals surface area contributed by atoms with Crippen LogP contribution in [0.2, 0.25) is 0 Å². The van der Waals surface area contributed by atoms with Crippen molar-refractivity contribution in [1.82, 2.24) is 4.98 Å². The van der Waals surface area contributed by atoms with Crippen molar-refractivity contribution in [1.29, 1.82) is 0 Å². The second-order valence-electron chi connectivity index (χ2n) is 8.16. The quantitative estimate of drug-likeness (QED) is 0.572. The summed E-state index contributed by atoms with van der Waals surface area (Å²) in [4.78, 5) is 17.0. The zero-order chi connectivity index (χ0) is 22.0. The molecule has 0 spiro atoms. The van der Waals surface area contributed by atoms with Crippen LogP contribution in [0.3, 0.4) is 0 Å². The Morgan fingerprint density at radius 2 is 2.00 bits per heavy atom. The van der Waals surface area contributed by atoms with E-state index in [0.29, 0.717) is 12.2 Å². The van der Waals surface area contributed by atoms with E-state index in [9.17, 15) is 9.90 Å². The largest absolute Gasteiger partial charge is 0.496 e. The molecule has 0 saturated carbocycles. The number of fused-ring (bicyclic) bond motifs is 1.